The number of likely N-dealkylation sites (tertiary alicyclic amines) is 1. The third kappa shape index (κ3) is 3.17. The van der Waals surface area contributed by atoms with Gasteiger partial charge in [-0.3, -0.25) is 9.88 Å². The second-order valence-corrected chi connectivity index (χ2v) is 5.85. The predicted molar refractivity (Wildman–Crippen MR) is 83.5 cm³/mol. The van der Waals surface area contributed by atoms with Gasteiger partial charge in [0.25, 0.3) is 0 Å². The van der Waals surface area contributed by atoms with Crippen LogP contribution in [0, 0.1) is 0 Å². The Bertz CT molecular complexity index is 739. The van der Waals surface area contributed by atoms with E-state index in [2.05, 4.69) is 20.0 Å². The van der Waals surface area contributed by atoms with Crippen LogP contribution in [0.25, 0.3) is 11.4 Å². The zero-order valence-electron chi connectivity index (χ0n) is 12.8. The molecule has 1 atom stereocenters. The minimum Gasteiger partial charge on any atom is -0.468 e. The monoisotopic (exact) mass is 310 g/mol. The molecule has 0 unspecified atom stereocenters. The second kappa shape index (κ2) is 6.34. The molecule has 118 valence electrons. The zero-order chi connectivity index (χ0) is 15.5. The Balaban J connectivity index is 1.46. The van der Waals surface area contributed by atoms with Crippen molar-refractivity contribution in [2.75, 3.05) is 13.1 Å². The molecule has 4 rings (SSSR count). The lowest BCUT2D eigenvalue weighted by Crippen LogP contribution is -2.33. The average molecular weight is 310 g/mol. The van der Waals surface area contributed by atoms with E-state index in [1.165, 1.54) is 0 Å². The fraction of sp³-hybridized carbons (Fsp3) is 0.353. The molecule has 0 aromatic carbocycles. The van der Waals surface area contributed by atoms with Crippen molar-refractivity contribution >= 4 is 0 Å². The van der Waals surface area contributed by atoms with Gasteiger partial charge in [0.1, 0.15) is 5.76 Å². The van der Waals surface area contributed by atoms with E-state index in [1.54, 1.807) is 18.7 Å². The summed E-state index contributed by atoms with van der Waals surface area (Å²) < 4.78 is 11.0. The molecule has 3 aromatic rings. The lowest BCUT2D eigenvalue weighted by atomic mass is 9.98. The van der Waals surface area contributed by atoms with Crippen molar-refractivity contribution in [2.24, 2.45) is 0 Å². The number of piperidine rings is 1. The quantitative estimate of drug-likeness (QED) is 0.737. The third-order valence-electron chi connectivity index (χ3n) is 4.19. The molecular weight excluding hydrogens is 292 g/mol. The van der Waals surface area contributed by atoms with Crippen LogP contribution >= 0.6 is 0 Å². The van der Waals surface area contributed by atoms with E-state index in [0.717, 1.165) is 49.7 Å². The van der Waals surface area contributed by atoms with Crippen LogP contribution < -0.4 is 0 Å². The molecule has 0 bridgehead atoms. The topological polar surface area (TPSA) is 68.2 Å². The van der Waals surface area contributed by atoms with Gasteiger partial charge in [0.05, 0.1) is 18.7 Å². The average Bonchev–Trinajstić information content (AvgIpc) is 3.28. The number of nitrogens with zero attached hydrogens (tertiary/aromatic N) is 4. The molecule has 23 heavy (non-hydrogen) atoms. The first-order valence-electron chi connectivity index (χ1n) is 7.87. The normalized spacial score (nSPS) is 19.0. The molecule has 1 saturated heterocycles. The van der Waals surface area contributed by atoms with Gasteiger partial charge in [-0.05, 0) is 43.7 Å². The van der Waals surface area contributed by atoms with Crippen molar-refractivity contribution in [3.05, 3.63) is 54.6 Å². The first-order valence-corrected chi connectivity index (χ1v) is 7.87. The highest BCUT2D eigenvalue weighted by Crippen LogP contribution is 2.28. The Morgan fingerprint density at radius 1 is 1.22 bits per heavy atom. The third-order valence-corrected chi connectivity index (χ3v) is 4.19. The molecule has 0 N–H and O–H groups in total. The predicted octanol–water partition coefficient (Wildman–Crippen LogP) is 3.10. The molecule has 3 aromatic heterocycles. The highest BCUT2D eigenvalue weighted by molar-refractivity contribution is 5.52. The highest BCUT2D eigenvalue weighted by Gasteiger charge is 2.26. The summed E-state index contributed by atoms with van der Waals surface area (Å²) >= 11 is 0. The molecule has 1 fully saturated rings. The maximum Gasteiger partial charge on any atom is 0.231 e. The summed E-state index contributed by atoms with van der Waals surface area (Å²) in [7, 11) is 0. The molecule has 1 aliphatic heterocycles. The summed E-state index contributed by atoms with van der Waals surface area (Å²) in [5.41, 5.74) is 0.929. The number of hydrogen-bond donors (Lipinski definition) is 0. The molecule has 4 heterocycles. The molecule has 1 aliphatic rings. The van der Waals surface area contributed by atoms with Crippen LogP contribution in [-0.4, -0.2) is 33.1 Å². The molecule has 0 radical (unpaired) electrons. The Labute approximate surface area is 134 Å². The summed E-state index contributed by atoms with van der Waals surface area (Å²) in [4.78, 5) is 11.0. The van der Waals surface area contributed by atoms with Crippen molar-refractivity contribution in [2.45, 2.75) is 25.3 Å². The lowest BCUT2D eigenvalue weighted by Gasteiger charge is -2.30. The van der Waals surface area contributed by atoms with Crippen molar-refractivity contribution in [3.63, 3.8) is 0 Å². The fourth-order valence-corrected chi connectivity index (χ4v) is 3.04. The Morgan fingerprint density at radius 2 is 2.13 bits per heavy atom. The van der Waals surface area contributed by atoms with E-state index in [9.17, 15) is 0 Å². The van der Waals surface area contributed by atoms with Gasteiger partial charge >= 0.3 is 0 Å². The fourth-order valence-electron chi connectivity index (χ4n) is 3.04. The smallest absolute Gasteiger partial charge is 0.231 e. The summed E-state index contributed by atoms with van der Waals surface area (Å²) in [6.45, 7) is 2.82. The van der Waals surface area contributed by atoms with Crippen LogP contribution in [0.2, 0.25) is 0 Å². The zero-order valence-corrected chi connectivity index (χ0v) is 12.8. The minimum absolute atomic E-state index is 0.279. The first kappa shape index (κ1) is 14.1. The van der Waals surface area contributed by atoms with Crippen LogP contribution in [0.4, 0.5) is 0 Å². The van der Waals surface area contributed by atoms with Gasteiger partial charge < -0.3 is 8.94 Å². The SMILES string of the molecule is c1coc(CN2CCC[C@H](c3nc(-c4ccncc4)no3)C2)c1. The molecule has 0 amide bonds. The van der Waals surface area contributed by atoms with Crippen LogP contribution in [-0.2, 0) is 6.54 Å². The number of hydrogen-bond acceptors (Lipinski definition) is 6. The number of pyridine rings is 1. The van der Waals surface area contributed by atoms with Crippen LogP contribution in [0.15, 0.2) is 51.9 Å². The van der Waals surface area contributed by atoms with E-state index in [4.69, 9.17) is 8.94 Å². The van der Waals surface area contributed by atoms with E-state index >= 15 is 0 Å². The molecule has 0 aliphatic carbocycles. The summed E-state index contributed by atoms with van der Waals surface area (Å²) in [5.74, 6) is 2.63. The second-order valence-electron chi connectivity index (χ2n) is 5.85. The molecule has 0 spiro atoms. The van der Waals surface area contributed by atoms with E-state index in [0.29, 0.717) is 5.82 Å². The standard InChI is InChI=1S/C17H18N4O2/c1-3-14(11-21(9-1)12-15-4-2-10-22-15)17-19-16(20-23-17)13-5-7-18-8-6-13/h2,4-8,10,14H,1,3,9,11-12H2/t14-/m0/s1. The Hall–Kier alpha value is -2.47. The van der Waals surface area contributed by atoms with Crippen molar-refractivity contribution in [3.8, 4) is 11.4 Å². The van der Waals surface area contributed by atoms with Gasteiger partial charge in [0.2, 0.25) is 11.7 Å². The van der Waals surface area contributed by atoms with Gasteiger partial charge in [-0.2, -0.15) is 4.98 Å². The van der Waals surface area contributed by atoms with Crippen molar-refractivity contribution < 1.29 is 8.94 Å². The van der Waals surface area contributed by atoms with Crippen LogP contribution in [0.1, 0.15) is 30.4 Å². The number of furan rings is 1. The van der Waals surface area contributed by atoms with Gasteiger partial charge in [-0.1, -0.05) is 5.16 Å². The molecule has 6 heteroatoms. The van der Waals surface area contributed by atoms with Crippen molar-refractivity contribution in [1.29, 1.82) is 0 Å². The van der Waals surface area contributed by atoms with Crippen LogP contribution in [0.5, 0.6) is 0 Å². The molecule has 6 nitrogen and oxygen atoms in total. The van der Waals surface area contributed by atoms with Gasteiger partial charge in [-0.15, -0.1) is 0 Å². The van der Waals surface area contributed by atoms with Gasteiger partial charge in [0.15, 0.2) is 0 Å². The maximum absolute atomic E-state index is 5.51. The minimum atomic E-state index is 0.279. The lowest BCUT2D eigenvalue weighted by molar-refractivity contribution is 0.169. The molecular formula is C17H18N4O2. The summed E-state index contributed by atoms with van der Waals surface area (Å²) in [6, 6.07) is 7.71. The summed E-state index contributed by atoms with van der Waals surface area (Å²) in [5, 5.41) is 4.11. The van der Waals surface area contributed by atoms with Gasteiger partial charge in [0, 0.05) is 24.5 Å². The Kier molecular flexibility index (Phi) is 3.90. The van der Waals surface area contributed by atoms with E-state index in [-0.39, 0.29) is 5.92 Å². The van der Waals surface area contributed by atoms with E-state index < -0.39 is 0 Å². The van der Waals surface area contributed by atoms with Crippen LogP contribution in [0.3, 0.4) is 0 Å². The number of aromatic nitrogens is 3. The highest BCUT2D eigenvalue weighted by atomic mass is 16.5. The van der Waals surface area contributed by atoms with E-state index in [1.807, 2.05) is 24.3 Å². The number of rotatable bonds is 4. The molecule has 0 saturated carbocycles. The Morgan fingerprint density at radius 3 is 2.96 bits per heavy atom. The first-order chi connectivity index (χ1) is 11.4. The summed E-state index contributed by atoms with van der Waals surface area (Å²) in [6.07, 6.45) is 7.38. The largest absolute Gasteiger partial charge is 0.468 e. The van der Waals surface area contributed by atoms with Gasteiger partial charge in [-0.25, -0.2) is 0 Å². The maximum atomic E-state index is 5.51. The van der Waals surface area contributed by atoms with Crippen molar-refractivity contribution in [1.82, 2.24) is 20.0 Å².